The summed E-state index contributed by atoms with van der Waals surface area (Å²) >= 11 is 1.70. The Morgan fingerprint density at radius 3 is 2.55 bits per heavy atom. The van der Waals surface area contributed by atoms with Crippen LogP contribution in [0.3, 0.4) is 0 Å². The van der Waals surface area contributed by atoms with Gasteiger partial charge in [0, 0.05) is 5.25 Å². The fourth-order valence-electron chi connectivity index (χ4n) is 1.97. The molecule has 3 aromatic rings. The fourth-order valence-corrected chi connectivity index (χ4v) is 2.90. The summed E-state index contributed by atoms with van der Waals surface area (Å²) in [7, 11) is 0. The minimum absolute atomic E-state index is 0.327. The van der Waals surface area contributed by atoms with Crippen LogP contribution in [0.5, 0.6) is 0 Å². The molecule has 4 nitrogen and oxygen atoms in total. The summed E-state index contributed by atoms with van der Waals surface area (Å²) < 4.78 is 15.6. The molecule has 0 saturated carbocycles. The van der Waals surface area contributed by atoms with Crippen LogP contribution in [0.25, 0.3) is 17.0 Å². The SMILES string of the molecule is CC(C)C(C)Sc1ccc2nnc(-c3ccccc3F)n2n1. The van der Waals surface area contributed by atoms with E-state index in [1.54, 1.807) is 34.5 Å². The van der Waals surface area contributed by atoms with Crippen molar-refractivity contribution in [3.8, 4) is 11.4 Å². The third kappa shape index (κ3) is 2.83. The number of rotatable bonds is 4. The molecule has 0 aliphatic rings. The molecule has 0 amide bonds. The number of thioether (sulfide) groups is 1. The van der Waals surface area contributed by atoms with Gasteiger partial charge < -0.3 is 0 Å². The molecule has 0 spiro atoms. The Hall–Kier alpha value is -1.95. The molecule has 114 valence electrons. The van der Waals surface area contributed by atoms with Gasteiger partial charge in [-0.1, -0.05) is 32.9 Å². The van der Waals surface area contributed by atoms with Crippen LogP contribution in [0, 0.1) is 11.7 Å². The second-order valence-corrected chi connectivity index (χ2v) is 6.91. The molecule has 0 aliphatic heterocycles. The minimum atomic E-state index is -0.327. The lowest BCUT2D eigenvalue weighted by Gasteiger charge is -2.14. The highest BCUT2D eigenvalue weighted by molar-refractivity contribution is 7.99. The van der Waals surface area contributed by atoms with Crippen LogP contribution in [-0.4, -0.2) is 25.1 Å². The van der Waals surface area contributed by atoms with E-state index in [2.05, 4.69) is 36.1 Å². The fraction of sp³-hybridized carbons (Fsp3) is 0.312. The molecule has 2 aromatic heterocycles. The molecule has 0 fully saturated rings. The number of hydrogen-bond donors (Lipinski definition) is 0. The molecule has 0 bridgehead atoms. The highest BCUT2D eigenvalue weighted by Gasteiger charge is 2.15. The van der Waals surface area contributed by atoms with E-state index in [4.69, 9.17) is 0 Å². The molecule has 1 atom stereocenters. The summed E-state index contributed by atoms with van der Waals surface area (Å²) in [5, 5.41) is 14.0. The average molecular weight is 316 g/mol. The number of nitrogens with zero attached hydrogens (tertiary/aromatic N) is 4. The molecule has 1 aromatic carbocycles. The normalized spacial score (nSPS) is 13.0. The zero-order chi connectivity index (χ0) is 15.7. The van der Waals surface area contributed by atoms with Gasteiger partial charge in [-0.3, -0.25) is 0 Å². The Balaban J connectivity index is 2.04. The third-order valence-electron chi connectivity index (χ3n) is 3.60. The maximum atomic E-state index is 14.0. The number of benzene rings is 1. The molecule has 6 heteroatoms. The lowest BCUT2D eigenvalue weighted by Crippen LogP contribution is -2.07. The van der Waals surface area contributed by atoms with Crippen LogP contribution in [0.1, 0.15) is 20.8 Å². The molecule has 1 unspecified atom stereocenters. The van der Waals surface area contributed by atoms with Crippen molar-refractivity contribution in [2.75, 3.05) is 0 Å². The van der Waals surface area contributed by atoms with Crippen LogP contribution in [0.15, 0.2) is 41.4 Å². The van der Waals surface area contributed by atoms with Gasteiger partial charge in [0.1, 0.15) is 10.8 Å². The Bertz CT molecular complexity index is 800. The van der Waals surface area contributed by atoms with E-state index < -0.39 is 0 Å². The third-order valence-corrected chi connectivity index (χ3v) is 4.97. The molecular weight excluding hydrogens is 299 g/mol. The van der Waals surface area contributed by atoms with Crippen molar-refractivity contribution >= 4 is 17.4 Å². The van der Waals surface area contributed by atoms with E-state index in [0.717, 1.165) is 5.03 Å². The van der Waals surface area contributed by atoms with E-state index in [0.29, 0.717) is 28.2 Å². The molecule has 0 saturated heterocycles. The number of halogens is 1. The van der Waals surface area contributed by atoms with Crippen molar-refractivity contribution in [3.63, 3.8) is 0 Å². The lowest BCUT2D eigenvalue weighted by molar-refractivity contribution is 0.628. The lowest BCUT2D eigenvalue weighted by atomic mass is 10.2. The molecular formula is C16H17FN4S. The highest BCUT2D eigenvalue weighted by atomic mass is 32.2. The van der Waals surface area contributed by atoms with Crippen LogP contribution in [0.4, 0.5) is 4.39 Å². The van der Waals surface area contributed by atoms with Crippen LogP contribution < -0.4 is 0 Å². The standard InChI is InChI=1S/C16H17FN4S/c1-10(2)11(3)22-15-9-8-14-18-19-16(21(14)20-15)12-6-4-5-7-13(12)17/h4-11H,1-3H3. The highest BCUT2D eigenvalue weighted by Crippen LogP contribution is 2.27. The smallest absolute Gasteiger partial charge is 0.188 e. The first kappa shape index (κ1) is 15.0. The van der Waals surface area contributed by atoms with Gasteiger partial charge in [-0.15, -0.1) is 22.0 Å². The van der Waals surface area contributed by atoms with E-state index in [9.17, 15) is 4.39 Å². The van der Waals surface area contributed by atoms with Crippen LogP contribution in [-0.2, 0) is 0 Å². The van der Waals surface area contributed by atoms with E-state index >= 15 is 0 Å². The Labute approximate surface area is 132 Å². The van der Waals surface area contributed by atoms with Gasteiger partial charge in [0.25, 0.3) is 0 Å². The maximum absolute atomic E-state index is 14.0. The van der Waals surface area contributed by atoms with Crippen molar-refractivity contribution in [2.24, 2.45) is 5.92 Å². The van der Waals surface area contributed by atoms with Gasteiger partial charge in [-0.2, -0.15) is 9.61 Å². The van der Waals surface area contributed by atoms with Crippen molar-refractivity contribution in [2.45, 2.75) is 31.0 Å². The van der Waals surface area contributed by atoms with Crippen molar-refractivity contribution in [1.82, 2.24) is 19.8 Å². The van der Waals surface area contributed by atoms with Crippen molar-refractivity contribution in [3.05, 3.63) is 42.2 Å². The predicted molar refractivity (Wildman–Crippen MR) is 86.3 cm³/mol. The van der Waals surface area contributed by atoms with Crippen LogP contribution >= 0.6 is 11.8 Å². The monoisotopic (exact) mass is 316 g/mol. The van der Waals surface area contributed by atoms with Crippen molar-refractivity contribution < 1.29 is 4.39 Å². The van der Waals surface area contributed by atoms with Gasteiger partial charge in [0.2, 0.25) is 0 Å². The number of hydrogen-bond acceptors (Lipinski definition) is 4. The van der Waals surface area contributed by atoms with Gasteiger partial charge in [-0.25, -0.2) is 4.39 Å². The zero-order valence-electron chi connectivity index (χ0n) is 12.7. The van der Waals surface area contributed by atoms with Gasteiger partial charge >= 0.3 is 0 Å². The number of aromatic nitrogens is 4. The predicted octanol–water partition coefficient (Wildman–Crippen LogP) is 4.07. The first-order valence-electron chi connectivity index (χ1n) is 7.20. The average Bonchev–Trinajstić information content (AvgIpc) is 2.90. The largest absolute Gasteiger partial charge is 0.206 e. The maximum Gasteiger partial charge on any atom is 0.188 e. The minimum Gasteiger partial charge on any atom is -0.206 e. The quantitative estimate of drug-likeness (QED) is 0.681. The topological polar surface area (TPSA) is 43.1 Å². The first-order chi connectivity index (χ1) is 10.6. The molecule has 3 rings (SSSR count). The Morgan fingerprint density at radius 2 is 1.82 bits per heavy atom. The van der Waals surface area contributed by atoms with E-state index in [1.807, 2.05) is 12.1 Å². The molecule has 0 aliphatic carbocycles. The van der Waals surface area contributed by atoms with E-state index in [-0.39, 0.29) is 5.82 Å². The summed E-state index contributed by atoms with van der Waals surface area (Å²) in [5.74, 6) is 0.648. The van der Waals surface area contributed by atoms with Crippen molar-refractivity contribution in [1.29, 1.82) is 0 Å². The zero-order valence-corrected chi connectivity index (χ0v) is 13.5. The second kappa shape index (κ2) is 6.04. The molecule has 0 radical (unpaired) electrons. The first-order valence-corrected chi connectivity index (χ1v) is 8.08. The Kier molecular flexibility index (Phi) is 4.11. The Morgan fingerprint density at radius 1 is 1.05 bits per heavy atom. The molecule has 0 N–H and O–H groups in total. The van der Waals surface area contributed by atoms with Gasteiger partial charge in [0.15, 0.2) is 11.5 Å². The molecule has 2 heterocycles. The summed E-state index contributed by atoms with van der Waals surface area (Å²) in [4.78, 5) is 0. The summed E-state index contributed by atoms with van der Waals surface area (Å²) in [6, 6.07) is 10.3. The van der Waals surface area contributed by atoms with Gasteiger partial charge in [0.05, 0.1) is 5.56 Å². The van der Waals surface area contributed by atoms with E-state index in [1.165, 1.54) is 6.07 Å². The van der Waals surface area contributed by atoms with Crippen LogP contribution in [0.2, 0.25) is 0 Å². The second-order valence-electron chi connectivity index (χ2n) is 5.51. The summed E-state index contributed by atoms with van der Waals surface area (Å²) in [6.45, 7) is 6.53. The molecule has 22 heavy (non-hydrogen) atoms. The summed E-state index contributed by atoms with van der Waals surface area (Å²) in [5.41, 5.74) is 1.02. The van der Waals surface area contributed by atoms with Gasteiger partial charge in [-0.05, 0) is 30.2 Å². The summed E-state index contributed by atoms with van der Waals surface area (Å²) in [6.07, 6.45) is 0. The number of fused-ring (bicyclic) bond motifs is 1.